The molecule has 2 bridgehead atoms. The minimum Gasteiger partial charge on any atom is -0.466 e. The summed E-state index contributed by atoms with van der Waals surface area (Å²) >= 11 is 0. The molecule has 3 heteroatoms. The van der Waals surface area contributed by atoms with Crippen LogP contribution in [0.15, 0.2) is 11.1 Å². The number of allylic oxidation sites excluding steroid dienone is 2. The largest absolute Gasteiger partial charge is 0.466 e. The zero-order valence-corrected chi connectivity index (χ0v) is 10.2. The Kier molecular flexibility index (Phi) is 3.06. The molecular weight excluding hydrogens is 204 g/mol. The molecule has 1 N–H and O–H groups in total. The Hall–Kier alpha value is -0.830. The van der Waals surface area contributed by atoms with Crippen molar-refractivity contribution in [3.63, 3.8) is 0 Å². The van der Waals surface area contributed by atoms with Crippen molar-refractivity contribution in [2.45, 2.75) is 27.2 Å². The van der Waals surface area contributed by atoms with Crippen LogP contribution in [0.2, 0.25) is 0 Å². The Morgan fingerprint density at radius 2 is 1.88 bits per heavy atom. The average molecular weight is 224 g/mol. The summed E-state index contributed by atoms with van der Waals surface area (Å²) in [5, 5.41) is 9.46. The molecular formula is C13H20O3. The van der Waals surface area contributed by atoms with Gasteiger partial charge in [-0.25, -0.2) is 0 Å². The van der Waals surface area contributed by atoms with Crippen LogP contribution in [0, 0.1) is 23.7 Å². The molecule has 4 atom stereocenters. The number of carbonyl (C=O) groups is 1. The van der Waals surface area contributed by atoms with E-state index in [9.17, 15) is 9.90 Å². The summed E-state index contributed by atoms with van der Waals surface area (Å²) in [5.41, 5.74) is 2.90. The Bertz CT molecular complexity index is 332. The molecule has 3 nitrogen and oxygen atoms in total. The third kappa shape index (κ3) is 1.67. The van der Waals surface area contributed by atoms with Crippen LogP contribution >= 0.6 is 0 Å². The summed E-state index contributed by atoms with van der Waals surface area (Å²) in [7, 11) is 0. The number of hydrogen-bond acceptors (Lipinski definition) is 3. The molecule has 1 saturated carbocycles. The Morgan fingerprint density at radius 1 is 1.31 bits per heavy atom. The summed E-state index contributed by atoms with van der Waals surface area (Å²) < 4.78 is 5.12. The van der Waals surface area contributed by atoms with Gasteiger partial charge in [-0.2, -0.15) is 0 Å². The Balaban J connectivity index is 2.11. The van der Waals surface area contributed by atoms with Crippen LogP contribution in [0.1, 0.15) is 27.2 Å². The van der Waals surface area contributed by atoms with E-state index in [4.69, 9.17) is 4.74 Å². The van der Waals surface area contributed by atoms with Crippen LogP contribution in [0.25, 0.3) is 0 Å². The van der Waals surface area contributed by atoms with E-state index < -0.39 is 0 Å². The van der Waals surface area contributed by atoms with Crippen LogP contribution in [-0.4, -0.2) is 24.3 Å². The van der Waals surface area contributed by atoms with Crippen LogP contribution < -0.4 is 0 Å². The van der Waals surface area contributed by atoms with Crippen molar-refractivity contribution in [2.24, 2.45) is 23.7 Å². The molecule has 2 aliphatic carbocycles. The van der Waals surface area contributed by atoms with Crippen LogP contribution in [-0.2, 0) is 9.53 Å². The smallest absolute Gasteiger partial charge is 0.302 e. The molecule has 0 aliphatic heterocycles. The molecule has 2 aliphatic rings. The maximum absolute atomic E-state index is 10.9. The van der Waals surface area contributed by atoms with Gasteiger partial charge < -0.3 is 9.84 Å². The summed E-state index contributed by atoms with van der Waals surface area (Å²) in [5.74, 6) is 1.41. The molecule has 0 radical (unpaired) electrons. The van der Waals surface area contributed by atoms with Gasteiger partial charge in [0.25, 0.3) is 0 Å². The lowest BCUT2D eigenvalue weighted by atomic mass is 9.77. The van der Waals surface area contributed by atoms with Crippen molar-refractivity contribution in [1.82, 2.24) is 0 Å². The lowest BCUT2D eigenvalue weighted by Crippen LogP contribution is -2.30. The molecule has 0 saturated heterocycles. The second-order valence-corrected chi connectivity index (χ2v) is 5.13. The van der Waals surface area contributed by atoms with Crippen molar-refractivity contribution in [1.29, 1.82) is 0 Å². The highest BCUT2D eigenvalue weighted by Gasteiger charge is 2.49. The van der Waals surface area contributed by atoms with Crippen molar-refractivity contribution in [2.75, 3.05) is 13.2 Å². The van der Waals surface area contributed by atoms with Crippen molar-refractivity contribution < 1.29 is 14.6 Å². The number of aliphatic hydroxyl groups is 1. The maximum Gasteiger partial charge on any atom is 0.302 e. The lowest BCUT2D eigenvalue weighted by molar-refractivity contribution is -0.143. The summed E-state index contributed by atoms with van der Waals surface area (Å²) in [4.78, 5) is 10.9. The maximum atomic E-state index is 10.9. The molecule has 90 valence electrons. The number of fused-ring (bicyclic) bond motifs is 2. The molecule has 0 unspecified atom stereocenters. The highest BCUT2D eigenvalue weighted by atomic mass is 16.5. The molecule has 0 spiro atoms. The molecule has 2 rings (SSSR count). The topological polar surface area (TPSA) is 46.5 Å². The zero-order valence-electron chi connectivity index (χ0n) is 10.2. The second-order valence-electron chi connectivity index (χ2n) is 5.13. The molecule has 0 aromatic rings. The molecule has 0 aromatic heterocycles. The number of hydrogen-bond donors (Lipinski definition) is 1. The van der Waals surface area contributed by atoms with Gasteiger partial charge in [0.2, 0.25) is 0 Å². The molecule has 0 heterocycles. The second kappa shape index (κ2) is 4.21. The average Bonchev–Trinajstić information content (AvgIpc) is 2.73. The van der Waals surface area contributed by atoms with Gasteiger partial charge in [-0.15, -0.1) is 0 Å². The van der Waals surface area contributed by atoms with Gasteiger partial charge in [-0.05, 0) is 38.0 Å². The van der Waals surface area contributed by atoms with E-state index in [1.54, 1.807) is 0 Å². The molecule has 1 fully saturated rings. The standard InChI is InChI=1S/C13H20O3/c1-7-8(2)11-4-10(7)12(5-14)13(11)6-16-9(3)15/h10-14H,4-6H2,1-3H3/t10-,11+,12-,13-/m0/s1. The third-order valence-electron chi connectivity index (χ3n) is 4.52. The first kappa shape index (κ1) is 11.6. The fourth-order valence-electron chi connectivity index (χ4n) is 3.52. The van der Waals surface area contributed by atoms with Crippen LogP contribution in [0.3, 0.4) is 0 Å². The number of aliphatic hydroxyl groups excluding tert-OH is 1. The summed E-state index contributed by atoms with van der Waals surface area (Å²) in [6, 6.07) is 0. The minimum atomic E-state index is -0.224. The lowest BCUT2D eigenvalue weighted by Gasteiger charge is -2.30. The minimum absolute atomic E-state index is 0.206. The van der Waals surface area contributed by atoms with Crippen LogP contribution in [0.5, 0.6) is 0 Å². The highest BCUT2D eigenvalue weighted by Crippen LogP contribution is 2.54. The van der Waals surface area contributed by atoms with Crippen molar-refractivity contribution in [3.8, 4) is 0 Å². The molecule has 16 heavy (non-hydrogen) atoms. The normalized spacial score (nSPS) is 37.0. The van der Waals surface area contributed by atoms with Crippen molar-refractivity contribution >= 4 is 5.97 Å². The van der Waals surface area contributed by atoms with Crippen molar-refractivity contribution in [3.05, 3.63) is 11.1 Å². The van der Waals surface area contributed by atoms with Gasteiger partial charge in [-0.1, -0.05) is 11.1 Å². The van der Waals surface area contributed by atoms with Gasteiger partial charge in [0.05, 0.1) is 6.61 Å². The number of ether oxygens (including phenoxy) is 1. The zero-order chi connectivity index (χ0) is 11.9. The van der Waals surface area contributed by atoms with E-state index in [1.807, 2.05) is 0 Å². The van der Waals surface area contributed by atoms with E-state index in [-0.39, 0.29) is 18.5 Å². The fourth-order valence-corrected chi connectivity index (χ4v) is 3.52. The predicted molar refractivity (Wildman–Crippen MR) is 60.7 cm³/mol. The number of carbonyl (C=O) groups excluding carboxylic acids is 1. The molecule has 0 amide bonds. The van der Waals surface area contributed by atoms with E-state index in [0.717, 1.165) is 6.42 Å². The van der Waals surface area contributed by atoms with Gasteiger partial charge >= 0.3 is 5.97 Å². The van der Waals surface area contributed by atoms with E-state index in [1.165, 1.54) is 18.1 Å². The number of rotatable bonds is 3. The SMILES string of the molecule is CC(=O)OC[C@@H]1[C@@H](CO)[C@H]2C[C@@H]1C(C)=C2C. The Morgan fingerprint density at radius 3 is 2.38 bits per heavy atom. The predicted octanol–water partition coefficient (Wildman–Crippen LogP) is 1.76. The van der Waals surface area contributed by atoms with E-state index >= 15 is 0 Å². The quantitative estimate of drug-likeness (QED) is 0.587. The first-order chi connectivity index (χ1) is 7.56. The Labute approximate surface area is 96.5 Å². The monoisotopic (exact) mass is 224 g/mol. The number of esters is 1. The van der Waals surface area contributed by atoms with E-state index in [2.05, 4.69) is 13.8 Å². The first-order valence-corrected chi connectivity index (χ1v) is 5.97. The summed E-state index contributed by atoms with van der Waals surface area (Å²) in [6.07, 6.45) is 1.13. The van der Waals surface area contributed by atoms with Gasteiger partial charge in [0, 0.05) is 19.4 Å². The van der Waals surface area contributed by atoms with Crippen LogP contribution in [0.4, 0.5) is 0 Å². The van der Waals surface area contributed by atoms with E-state index in [0.29, 0.717) is 24.4 Å². The summed E-state index contributed by atoms with van der Waals surface area (Å²) in [6.45, 7) is 6.46. The van der Waals surface area contributed by atoms with Gasteiger partial charge in [0.1, 0.15) is 0 Å². The van der Waals surface area contributed by atoms with Gasteiger partial charge in [0.15, 0.2) is 0 Å². The first-order valence-electron chi connectivity index (χ1n) is 5.97. The molecule has 0 aromatic carbocycles. The third-order valence-corrected chi connectivity index (χ3v) is 4.52. The fraction of sp³-hybridized carbons (Fsp3) is 0.769. The highest BCUT2D eigenvalue weighted by molar-refractivity contribution is 5.65. The van der Waals surface area contributed by atoms with Gasteiger partial charge in [-0.3, -0.25) is 4.79 Å².